The van der Waals surface area contributed by atoms with Crippen LogP contribution in [0.3, 0.4) is 0 Å². The lowest BCUT2D eigenvalue weighted by Gasteiger charge is -2.33. The van der Waals surface area contributed by atoms with Crippen molar-refractivity contribution in [2.75, 3.05) is 36.1 Å². The first-order valence-electron chi connectivity index (χ1n) is 8.77. The van der Waals surface area contributed by atoms with Crippen molar-refractivity contribution in [3.63, 3.8) is 0 Å². The summed E-state index contributed by atoms with van der Waals surface area (Å²) in [6, 6.07) is 10.9. The third kappa shape index (κ3) is 4.12. The highest BCUT2D eigenvalue weighted by Crippen LogP contribution is 2.31. The Morgan fingerprint density at radius 2 is 1.96 bits per heavy atom. The molecule has 3 N–H and O–H groups in total. The van der Waals surface area contributed by atoms with Crippen LogP contribution in [0.5, 0.6) is 5.75 Å². The number of hydrogen-bond donors (Lipinski definition) is 2. The molecule has 1 heterocycles. The maximum atomic E-state index is 12.5. The van der Waals surface area contributed by atoms with Gasteiger partial charge in [-0.25, -0.2) is 0 Å². The maximum absolute atomic E-state index is 12.5. The Kier molecular flexibility index (Phi) is 5.71. The van der Waals surface area contributed by atoms with Gasteiger partial charge in [0.15, 0.2) is 0 Å². The number of anilines is 3. The fourth-order valence-electron chi connectivity index (χ4n) is 3.18. The van der Waals surface area contributed by atoms with Gasteiger partial charge < -0.3 is 20.7 Å². The van der Waals surface area contributed by atoms with E-state index in [4.69, 9.17) is 10.5 Å². The highest BCUT2D eigenvalue weighted by Gasteiger charge is 2.18. The van der Waals surface area contributed by atoms with Crippen molar-refractivity contribution in [1.82, 2.24) is 0 Å². The van der Waals surface area contributed by atoms with Crippen molar-refractivity contribution in [3.05, 3.63) is 46.4 Å². The van der Waals surface area contributed by atoms with Crippen LogP contribution >= 0.6 is 15.9 Å². The molecule has 1 aliphatic heterocycles. The molecule has 1 aliphatic rings. The number of carbonyl (C=O) groups is 1. The minimum absolute atomic E-state index is 0.188. The van der Waals surface area contributed by atoms with E-state index in [1.807, 2.05) is 18.2 Å². The number of nitrogen functional groups attached to an aromatic ring is 1. The second kappa shape index (κ2) is 7.99. The average Bonchev–Trinajstić information content (AvgIpc) is 2.63. The van der Waals surface area contributed by atoms with Crippen LogP contribution in [0.15, 0.2) is 40.9 Å². The van der Waals surface area contributed by atoms with Crippen LogP contribution in [0, 0.1) is 5.92 Å². The van der Waals surface area contributed by atoms with Crippen molar-refractivity contribution in [2.45, 2.75) is 19.8 Å². The number of hydrogen-bond acceptors (Lipinski definition) is 4. The summed E-state index contributed by atoms with van der Waals surface area (Å²) < 4.78 is 5.93. The number of amides is 1. The normalized spacial score (nSPS) is 15.0. The molecule has 0 bridgehead atoms. The second-order valence-corrected chi connectivity index (χ2v) is 7.60. The Morgan fingerprint density at radius 1 is 1.23 bits per heavy atom. The number of ether oxygens (including phenoxy) is 1. The quantitative estimate of drug-likeness (QED) is 0.716. The molecule has 2 aromatic rings. The molecular weight excluding hydrogens is 394 g/mol. The van der Waals surface area contributed by atoms with Crippen LogP contribution < -0.4 is 20.7 Å². The van der Waals surface area contributed by atoms with Crippen LogP contribution in [-0.2, 0) is 0 Å². The van der Waals surface area contributed by atoms with Crippen molar-refractivity contribution in [2.24, 2.45) is 5.92 Å². The molecule has 0 aliphatic carbocycles. The molecule has 0 atom stereocenters. The van der Waals surface area contributed by atoms with Crippen molar-refractivity contribution in [3.8, 4) is 5.75 Å². The highest BCUT2D eigenvalue weighted by molar-refractivity contribution is 9.10. The first-order valence-corrected chi connectivity index (χ1v) is 9.56. The van der Waals surface area contributed by atoms with E-state index >= 15 is 0 Å². The molecule has 138 valence electrons. The van der Waals surface area contributed by atoms with Gasteiger partial charge in [0, 0.05) is 24.3 Å². The molecule has 3 rings (SSSR count). The molecule has 26 heavy (non-hydrogen) atoms. The average molecular weight is 418 g/mol. The van der Waals surface area contributed by atoms with Gasteiger partial charge in [0.1, 0.15) is 5.75 Å². The fourth-order valence-corrected chi connectivity index (χ4v) is 3.72. The zero-order valence-electron chi connectivity index (χ0n) is 15.1. The number of carbonyl (C=O) groups excluding carboxylic acids is 1. The molecule has 0 unspecified atom stereocenters. The van der Waals surface area contributed by atoms with E-state index in [2.05, 4.69) is 33.1 Å². The maximum Gasteiger partial charge on any atom is 0.255 e. The van der Waals surface area contributed by atoms with E-state index < -0.39 is 0 Å². The van der Waals surface area contributed by atoms with E-state index in [0.717, 1.165) is 29.2 Å². The molecule has 0 aromatic heterocycles. The summed E-state index contributed by atoms with van der Waals surface area (Å²) in [5.74, 6) is 1.27. The second-order valence-electron chi connectivity index (χ2n) is 6.75. The SMILES string of the molecule is COc1ccc(C(=O)Nc2ccc(N3CCC(C)CC3)c(N)c2)cc1Br. The van der Waals surface area contributed by atoms with Crippen LogP contribution in [-0.4, -0.2) is 26.1 Å². The number of nitrogens with one attached hydrogen (secondary N) is 1. The summed E-state index contributed by atoms with van der Waals surface area (Å²) in [6.07, 6.45) is 2.37. The zero-order chi connectivity index (χ0) is 18.7. The molecule has 0 radical (unpaired) electrons. The zero-order valence-corrected chi connectivity index (χ0v) is 16.7. The van der Waals surface area contributed by atoms with Gasteiger partial charge in [-0.2, -0.15) is 0 Å². The minimum atomic E-state index is -0.188. The molecule has 2 aromatic carbocycles. The lowest BCUT2D eigenvalue weighted by molar-refractivity contribution is 0.102. The van der Waals surface area contributed by atoms with E-state index in [-0.39, 0.29) is 5.91 Å². The molecule has 6 heteroatoms. The summed E-state index contributed by atoms with van der Waals surface area (Å²) >= 11 is 3.40. The largest absolute Gasteiger partial charge is 0.496 e. The number of nitrogens with zero attached hydrogens (tertiary/aromatic N) is 1. The van der Waals surface area contributed by atoms with Crippen LogP contribution in [0.4, 0.5) is 17.1 Å². The van der Waals surface area contributed by atoms with Gasteiger partial charge in [-0.1, -0.05) is 6.92 Å². The van der Waals surface area contributed by atoms with E-state index in [0.29, 0.717) is 22.7 Å². The van der Waals surface area contributed by atoms with Gasteiger partial charge in [-0.3, -0.25) is 4.79 Å². The standard InChI is InChI=1S/C20H24BrN3O2/c1-13-7-9-24(10-8-13)18-5-4-15(12-17(18)22)23-20(25)14-3-6-19(26-2)16(21)11-14/h3-6,11-13H,7-10,22H2,1-2H3,(H,23,25). The van der Waals surface area contributed by atoms with Gasteiger partial charge >= 0.3 is 0 Å². The van der Waals surface area contributed by atoms with Gasteiger partial charge in [-0.05, 0) is 71.1 Å². The summed E-state index contributed by atoms with van der Waals surface area (Å²) in [4.78, 5) is 14.8. The van der Waals surface area contributed by atoms with Crippen LogP contribution in [0.25, 0.3) is 0 Å². The predicted octanol–water partition coefficient (Wildman–Crippen LogP) is 4.53. The van der Waals surface area contributed by atoms with Gasteiger partial charge in [-0.15, -0.1) is 0 Å². The van der Waals surface area contributed by atoms with Crippen molar-refractivity contribution >= 4 is 38.9 Å². The lowest BCUT2D eigenvalue weighted by Crippen LogP contribution is -2.33. The lowest BCUT2D eigenvalue weighted by atomic mass is 9.98. The Balaban J connectivity index is 1.71. The fraction of sp³-hybridized carbons (Fsp3) is 0.350. The molecule has 1 fully saturated rings. The summed E-state index contributed by atoms with van der Waals surface area (Å²) in [5, 5.41) is 2.90. The third-order valence-electron chi connectivity index (χ3n) is 4.82. The molecule has 1 amide bonds. The molecule has 1 saturated heterocycles. The number of rotatable bonds is 4. The van der Waals surface area contributed by atoms with Crippen molar-refractivity contribution in [1.29, 1.82) is 0 Å². The Morgan fingerprint density at radius 3 is 2.58 bits per heavy atom. The first-order chi connectivity index (χ1) is 12.5. The summed E-state index contributed by atoms with van der Waals surface area (Å²) in [7, 11) is 1.59. The van der Waals surface area contributed by atoms with Crippen LogP contribution in [0.2, 0.25) is 0 Å². The summed E-state index contributed by atoms with van der Waals surface area (Å²) in [6.45, 7) is 4.34. The Hall–Kier alpha value is -2.21. The number of benzene rings is 2. The number of piperidine rings is 1. The van der Waals surface area contributed by atoms with Crippen LogP contribution in [0.1, 0.15) is 30.1 Å². The third-order valence-corrected chi connectivity index (χ3v) is 5.44. The Bertz CT molecular complexity index is 802. The predicted molar refractivity (Wildman–Crippen MR) is 110 cm³/mol. The van der Waals surface area contributed by atoms with Gasteiger partial charge in [0.05, 0.1) is 23.0 Å². The molecule has 0 saturated carbocycles. The molecule has 0 spiro atoms. The molecule has 5 nitrogen and oxygen atoms in total. The van der Waals surface area contributed by atoms with Gasteiger partial charge in [0.2, 0.25) is 0 Å². The van der Waals surface area contributed by atoms with E-state index in [1.165, 1.54) is 12.8 Å². The molecular formula is C20H24BrN3O2. The smallest absolute Gasteiger partial charge is 0.255 e. The topological polar surface area (TPSA) is 67.6 Å². The number of methoxy groups -OCH3 is 1. The minimum Gasteiger partial charge on any atom is -0.496 e. The number of nitrogens with two attached hydrogens (primary N) is 1. The van der Waals surface area contributed by atoms with E-state index in [9.17, 15) is 4.79 Å². The van der Waals surface area contributed by atoms with Gasteiger partial charge in [0.25, 0.3) is 5.91 Å². The highest BCUT2D eigenvalue weighted by atomic mass is 79.9. The Labute approximate surface area is 162 Å². The number of halogens is 1. The first kappa shape index (κ1) is 18.6. The summed E-state index contributed by atoms with van der Waals surface area (Å²) in [5.41, 5.74) is 9.21. The van der Waals surface area contributed by atoms with E-state index in [1.54, 1.807) is 25.3 Å². The van der Waals surface area contributed by atoms with Crippen molar-refractivity contribution < 1.29 is 9.53 Å². The monoisotopic (exact) mass is 417 g/mol.